The number of esters is 1. The molecule has 0 saturated heterocycles. The Balaban J connectivity index is 1.21. The number of methoxy groups -OCH3 is 1. The van der Waals surface area contributed by atoms with Crippen LogP contribution < -0.4 is 29.6 Å². The molecule has 9 heteroatoms. The van der Waals surface area contributed by atoms with E-state index in [0.29, 0.717) is 28.7 Å². The number of thiophene rings is 1. The van der Waals surface area contributed by atoms with Gasteiger partial charge < -0.3 is 29.6 Å². The van der Waals surface area contributed by atoms with Gasteiger partial charge in [-0.2, -0.15) is 0 Å². The molecule has 0 fully saturated rings. The highest BCUT2D eigenvalue weighted by Crippen LogP contribution is 2.46. The van der Waals surface area contributed by atoms with Gasteiger partial charge in [-0.15, -0.1) is 11.3 Å². The Bertz CT molecular complexity index is 1440. The summed E-state index contributed by atoms with van der Waals surface area (Å²) in [6.07, 6.45) is 2.61. The molecule has 0 radical (unpaired) electrons. The Morgan fingerprint density at radius 2 is 1.87 bits per heavy atom. The van der Waals surface area contributed by atoms with E-state index in [1.807, 2.05) is 6.07 Å². The second kappa shape index (κ2) is 9.23. The van der Waals surface area contributed by atoms with Gasteiger partial charge in [0.25, 0.3) is 5.91 Å². The Morgan fingerprint density at radius 1 is 1.05 bits per heavy atom. The fourth-order valence-electron chi connectivity index (χ4n) is 5.33. The van der Waals surface area contributed by atoms with Crippen molar-refractivity contribution in [1.29, 1.82) is 0 Å². The Kier molecular flexibility index (Phi) is 5.98. The second-order valence-electron chi connectivity index (χ2n) is 10.9. The molecule has 38 heavy (non-hydrogen) atoms. The minimum Gasteiger partial charge on any atom is -0.493 e. The van der Waals surface area contributed by atoms with Gasteiger partial charge in [0.05, 0.1) is 18.2 Å². The number of fused-ring (bicyclic) bond motifs is 4. The van der Waals surface area contributed by atoms with E-state index in [4.69, 9.17) is 18.9 Å². The highest BCUT2D eigenvalue weighted by atomic mass is 32.1. The topological polar surface area (TPSA) is 95.1 Å². The lowest BCUT2D eigenvalue weighted by atomic mass is 9.72. The molecule has 0 saturated carbocycles. The third-order valence-corrected chi connectivity index (χ3v) is 8.79. The number of hydrogen-bond donors (Lipinski definition) is 2. The van der Waals surface area contributed by atoms with Crippen LogP contribution in [-0.2, 0) is 12.8 Å². The summed E-state index contributed by atoms with van der Waals surface area (Å²) in [4.78, 5) is 27.3. The van der Waals surface area contributed by atoms with Crippen molar-refractivity contribution in [1.82, 2.24) is 5.32 Å². The fourth-order valence-corrected chi connectivity index (χ4v) is 6.69. The minimum absolute atomic E-state index is 0.0623. The maximum Gasteiger partial charge on any atom is 0.343 e. The zero-order chi connectivity index (χ0) is 26.6. The molecule has 2 N–H and O–H groups in total. The predicted octanol–water partition coefficient (Wildman–Crippen LogP) is 5.71. The van der Waals surface area contributed by atoms with Gasteiger partial charge in [0.1, 0.15) is 11.2 Å². The van der Waals surface area contributed by atoms with Gasteiger partial charge in [-0.1, -0.05) is 26.8 Å². The van der Waals surface area contributed by atoms with E-state index in [1.165, 1.54) is 17.6 Å². The van der Waals surface area contributed by atoms with E-state index in [0.717, 1.165) is 35.4 Å². The third kappa shape index (κ3) is 4.34. The average Bonchev–Trinajstić information content (AvgIpc) is 3.51. The molecule has 2 atom stereocenters. The molecule has 1 aromatic heterocycles. The first-order valence-corrected chi connectivity index (χ1v) is 13.5. The van der Waals surface area contributed by atoms with Crippen molar-refractivity contribution in [2.24, 2.45) is 11.3 Å². The molecule has 1 aliphatic carbocycles. The molecule has 3 heterocycles. The van der Waals surface area contributed by atoms with Crippen molar-refractivity contribution in [3.63, 3.8) is 0 Å². The van der Waals surface area contributed by atoms with Gasteiger partial charge in [-0.3, -0.25) is 4.79 Å². The molecule has 1 amide bonds. The number of carbonyl (C=O) groups is 2. The van der Waals surface area contributed by atoms with Gasteiger partial charge in [0.15, 0.2) is 23.0 Å². The molecule has 3 aromatic rings. The predicted molar refractivity (Wildman–Crippen MR) is 144 cm³/mol. The Hall–Kier alpha value is -3.72. The number of rotatable bonds is 4. The number of ether oxygens (including phenoxy) is 4. The van der Waals surface area contributed by atoms with Crippen LogP contribution in [-0.4, -0.2) is 25.8 Å². The molecular weight excluding hydrogens is 504 g/mol. The van der Waals surface area contributed by atoms with Crippen molar-refractivity contribution in [3.05, 3.63) is 63.5 Å². The second-order valence-corrected chi connectivity index (χ2v) is 12.0. The molecule has 3 aliphatic rings. The smallest absolute Gasteiger partial charge is 0.343 e. The third-order valence-electron chi connectivity index (χ3n) is 7.60. The summed E-state index contributed by atoms with van der Waals surface area (Å²) >= 11 is 1.70. The highest BCUT2D eigenvalue weighted by Gasteiger charge is 2.36. The molecule has 8 nitrogen and oxygen atoms in total. The molecule has 2 aromatic carbocycles. The number of carbonyl (C=O) groups excluding carboxylic acids is 2. The summed E-state index contributed by atoms with van der Waals surface area (Å²) in [5.74, 6) is 1.76. The van der Waals surface area contributed by atoms with E-state index in [1.54, 1.807) is 41.7 Å². The number of hydrogen-bond acceptors (Lipinski definition) is 8. The van der Waals surface area contributed by atoms with Crippen LogP contribution in [0.25, 0.3) is 0 Å². The van der Waals surface area contributed by atoms with Crippen LogP contribution in [0.1, 0.15) is 70.1 Å². The number of anilines is 1. The average molecular weight is 535 g/mol. The quantitative estimate of drug-likeness (QED) is 0.327. The maximum absolute atomic E-state index is 13.2. The van der Waals surface area contributed by atoms with E-state index >= 15 is 0 Å². The summed E-state index contributed by atoms with van der Waals surface area (Å²) in [5.41, 5.74) is 3.35. The van der Waals surface area contributed by atoms with Gasteiger partial charge in [-0.25, -0.2) is 4.79 Å². The summed E-state index contributed by atoms with van der Waals surface area (Å²) < 4.78 is 21.8. The first-order valence-electron chi connectivity index (χ1n) is 12.7. The molecule has 198 valence electrons. The van der Waals surface area contributed by atoms with E-state index in [9.17, 15) is 9.59 Å². The van der Waals surface area contributed by atoms with Crippen LogP contribution in [0, 0.1) is 11.3 Å². The number of amides is 1. The highest BCUT2D eigenvalue weighted by molar-refractivity contribution is 7.16. The Morgan fingerprint density at radius 3 is 2.66 bits per heavy atom. The van der Waals surface area contributed by atoms with Crippen LogP contribution in [0.4, 0.5) is 5.00 Å². The van der Waals surface area contributed by atoms with Crippen LogP contribution in [0.3, 0.4) is 0 Å². The van der Waals surface area contributed by atoms with Crippen LogP contribution in [0.5, 0.6) is 23.0 Å². The van der Waals surface area contributed by atoms with Gasteiger partial charge in [-0.05, 0) is 72.1 Å². The van der Waals surface area contributed by atoms with Gasteiger partial charge in [0.2, 0.25) is 6.79 Å². The van der Waals surface area contributed by atoms with Crippen molar-refractivity contribution >= 4 is 28.2 Å². The minimum atomic E-state index is -0.541. The number of nitrogens with one attached hydrogen (secondary N) is 2. The van der Waals surface area contributed by atoms with Crippen molar-refractivity contribution in [2.75, 3.05) is 19.2 Å². The monoisotopic (exact) mass is 534 g/mol. The SMILES string of the molecule is COc1cc(C2NC(=O)c3c(sc4c3CCC(C(C)(C)C)C4)N2)ccc1OC(=O)c1ccc2c(c1)OCO2. The first-order chi connectivity index (χ1) is 18.2. The van der Waals surface area contributed by atoms with Crippen molar-refractivity contribution in [2.45, 2.75) is 46.2 Å². The molecule has 2 unspecified atom stereocenters. The maximum atomic E-state index is 13.2. The zero-order valence-electron chi connectivity index (χ0n) is 21.8. The molecule has 2 aliphatic heterocycles. The van der Waals surface area contributed by atoms with E-state index < -0.39 is 12.1 Å². The summed E-state index contributed by atoms with van der Waals surface area (Å²) in [6, 6.07) is 10.2. The number of benzene rings is 2. The zero-order valence-corrected chi connectivity index (χ0v) is 22.6. The lowest BCUT2D eigenvalue weighted by molar-refractivity contribution is 0.0729. The first kappa shape index (κ1) is 24.6. The summed E-state index contributed by atoms with van der Waals surface area (Å²) in [7, 11) is 1.51. The van der Waals surface area contributed by atoms with Crippen LogP contribution in [0.2, 0.25) is 0 Å². The Labute approximate surface area is 225 Å². The van der Waals surface area contributed by atoms with Crippen LogP contribution in [0.15, 0.2) is 36.4 Å². The van der Waals surface area contributed by atoms with Crippen LogP contribution >= 0.6 is 11.3 Å². The molecule has 6 rings (SSSR count). The lowest BCUT2D eigenvalue weighted by Crippen LogP contribution is -2.38. The standard InChI is InChI=1S/C29H30N2O6S/c1-29(2,3)17-7-8-18-23(13-17)38-27-24(18)26(32)30-25(31-27)15-5-10-20(21(11-15)34-4)37-28(33)16-6-9-19-22(12-16)36-14-35-19/h5-6,9-12,17,25,31H,7-8,13-14H2,1-4H3,(H,30,32). The largest absolute Gasteiger partial charge is 0.493 e. The normalized spacial score (nSPS) is 19.6. The van der Waals surface area contributed by atoms with Gasteiger partial charge >= 0.3 is 5.97 Å². The molecule has 0 bridgehead atoms. The van der Waals surface area contributed by atoms with Crippen molar-refractivity contribution in [3.8, 4) is 23.0 Å². The summed E-state index contributed by atoms with van der Waals surface area (Å²) in [5, 5.41) is 7.52. The fraction of sp³-hybridized carbons (Fsp3) is 0.379. The van der Waals surface area contributed by atoms with E-state index in [-0.39, 0.29) is 23.9 Å². The molecule has 0 spiro atoms. The van der Waals surface area contributed by atoms with Crippen molar-refractivity contribution < 1.29 is 28.5 Å². The van der Waals surface area contributed by atoms with Gasteiger partial charge in [0, 0.05) is 4.88 Å². The van der Waals surface area contributed by atoms with E-state index in [2.05, 4.69) is 31.4 Å². The summed E-state index contributed by atoms with van der Waals surface area (Å²) in [6.45, 7) is 7.00. The lowest BCUT2D eigenvalue weighted by Gasteiger charge is -2.34. The molecular formula is C29H30N2O6S.